The summed E-state index contributed by atoms with van der Waals surface area (Å²) < 4.78 is 40.0. The van der Waals surface area contributed by atoms with E-state index in [0.29, 0.717) is 6.42 Å². The predicted molar refractivity (Wildman–Crippen MR) is 65.6 cm³/mol. The van der Waals surface area contributed by atoms with Gasteiger partial charge in [0.1, 0.15) is 10.7 Å². The molecule has 0 aliphatic heterocycles. The van der Waals surface area contributed by atoms with Crippen LogP contribution in [-0.4, -0.2) is 14.5 Å². The molecule has 17 heavy (non-hydrogen) atoms. The van der Waals surface area contributed by atoms with E-state index in [1.807, 2.05) is 6.92 Å². The summed E-state index contributed by atoms with van der Waals surface area (Å²) in [5.74, 6) is -0.755. The Kier molecular flexibility index (Phi) is 4.11. The van der Waals surface area contributed by atoms with Crippen LogP contribution < -0.4 is 10.5 Å². The fraction of sp³-hybridized carbons (Fsp3) is 0.455. The number of rotatable bonds is 4. The molecule has 0 saturated carbocycles. The molecule has 1 atom stereocenters. The highest BCUT2D eigenvalue weighted by molar-refractivity contribution is 7.89. The van der Waals surface area contributed by atoms with E-state index in [0.717, 1.165) is 6.07 Å². The molecule has 96 valence electrons. The molecule has 1 aromatic carbocycles. The molecule has 6 heteroatoms. The second-order valence-corrected chi connectivity index (χ2v) is 5.76. The van der Waals surface area contributed by atoms with Crippen molar-refractivity contribution < 1.29 is 12.8 Å². The third-order valence-corrected chi connectivity index (χ3v) is 4.09. The lowest BCUT2D eigenvalue weighted by atomic mass is 10.2. The lowest BCUT2D eigenvalue weighted by molar-refractivity contribution is 0.537. The second kappa shape index (κ2) is 5.01. The first-order valence-electron chi connectivity index (χ1n) is 5.36. The van der Waals surface area contributed by atoms with E-state index in [4.69, 9.17) is 5.73 Å². The maximum absolute atomic E-state index is 13.8. The van der Waals surface area contributed by atoms with Crippen LogP contribution in [0.25, 0.3) is 0 Å². The maximum atomic E-state index is 13.8. The van der Waals surface area contributed by atoms with Gasteiger partial charge in [0, 0.05) is 11.7 Å². The third-order valence-electron chi connectivity index (χ3n) is 2.50. The zero-order chi connectivity index (χ0) is 13.2. The Morgan fingerprint density at radius 3 is 2.59 bits per heavy atom. The molecule has 0 radical (unpaired) electrons. The summed E-state index contributed by atoms with van der Waals surface area (Å²) in [5.41, 5.74) is 5.98. The standard InChI is InChI=1S/C11H17FN2O2S/c1-4-8(3)14-17(15,16)10-6-9(13)5-7(2)11(10)12/h5-6,8,14H,4,13H2,1-3H3. The maximum Gasteiger partial charge on any atom is 0.243 e. The van der Waals surface area contributed by atoms with Crippen LogP contribution in [0, 0.1) is 12.7 Å². The van der Waals surface area contributed by atoms with Crippen LogP contribution in [0.15, 0.2) is 17.0 Å². The molecule has 1 aromatic rings. The highest BCUT2D eigenvalue weighted by Gasteiger charge is 2.22. The van der Waals surface area contributed by atoms with E-state index in [9.17, 15) is 12.8 Å². The number of sulfonamides is 1. The molecule has 0 saturated heterocycles. The molecule has 0 aliphatic carbocycles. The van der Waals surface area contributed by atoms with Crippen molar-refractivity contribution in [3.8, 4) is 0 Å². The topological polar surface area (TPSA) is 72.2 Å². The number of nitrogens with one attached hydrogen (secondary N) is 1. The largest absolute Gasteiger partial charge is 0.399 e. The Hall–Kier alpha value is -1.14. The Morgan fingerprint density at radius 1 is 1.47 bits per heavy atom. The number of nitrogens with two attached hydrogens (primary N) is 1. The minimum absolute atomic E-state index is 0.217. The lowest BCUT2D eigenvalue weighted by Crippen LogP contribution is -2.32. The van der Waals surface area contributed by atoms with Crippen LogP contribution in [0.4, 0.5) is 10.1 Å². The minimum Gasteiger partial charge on any atom is -0.399 e. The molecule has 0 bridgehead atoms. The van der Waals surface area contributed by atoms with Crippen LogP contribution >= 0.6 is 0 Å². The van der Waals surface area contributed by atoms with E-state index in [2.05, 4.69) is 4.72 Å². The summed E-state index contributed by atoms with van der Waals surface area (Å²) in [6.07, 6.45) is 0.627. The van der Waals surface area contributed by atoms with Crippen molar-refractivity contribution in [1.29, 1.82) is 0 Å². The molecule has 0 aromatic heterocycles. The van der Waals surface area contributed by atoms with Gasteiger partial charge < -0.3 is 5.73 Å². The number of benzene rings is 1. The van der Waals surface area contributed by atoms with Crippen molar-refractivity contribution >= 4 is 15.7 Å². The van der Waals surface area contributed by atoms with Crippen LogP contribution in [0.5, 0.6) is 0 Å². The molecule has 1 rings (SSSR count). The molecular weight excluding hydrogens is 243 g/mol. The first-order chi connectivity index (χ1) is 7.77. The Balaban J connectivity index is 3.24. The summed E-state index contributed by atoms with van der Waals surface area (Å²) in [5, 5.41) is 0. The van der Waals surface area contributed by atoms with Gasteiger partial charge in [-0.3, -0.25) is 0 Å². The molecule has 0 fully saturated rings. The molecule has 3 N–H and O–H groups in total. The molecule has 4 nitrogen and oxygen atoms in total. The monoisotopic (exact) mass is 260 g/mol. The van der Waals surface area contributed by atoms with E-state index in [1.54, 1.807) is 6.92 Å². The quantitative estimate of drug-likeness (QED) is 0.811. The SMILES string of the molecule is CCC(C)NS(=O)(=O)c1cc(N)cc(C)c1F. The summed E-state index contributed by atoms with van der Waals surface area (Å²) in [6, 6.07) is 2.28. The predicted octanol–water partition coefficient (Wildman–Crippen LogP) is 1.79. The number of aryl methyl sites for hydroxylation is 1. The van der Waals surface area contributed by atoms with Gasteiger partial charge >= 0.3 is 0 Å². The van der Waals surface area contributed by atoms with Crippen LogP contribution in [0.3, 0.4) is 0 Å². The van der Waals surface area contributed by atoms with E-state index in [-0.39, 0.29) is 17.3 Å². The van der Waals surface area contributed by atoms with Gasteiger partial charge in [0.25, 0.3) is 0 Å². The van der Waals surface area contributed by atoms with Crippen molar-refractivity contribution in [3.05, 3.63) is 23.5 Å². The van der Waals surface area contributed by atoms with E-state index < -0.39 is 20.7 Å². The van der Waals surface area contributed by atoms with Crippen molar-refractivity contribution in [2.45, 2.75) is 38.1 Å². The molecule has 0 amide bonds. The fourth-order valence-electron chi connectivity index (χ4n) is 1.37. The average molecular weight is 260 g/mol. The van der Waals surface area contributed by atoms with Gasteiger partial charge in [0.15, 0.2) is 0 Å². The third kappa shape index (κ3) is 3.17. The van der Waals surface area contributed by atoms with E-state index >= 15 is 0 Å². The van der Waals surface area contributed by atoms with Crippen LogP contribution in [-0.2, 0) is 10.0 Å². The normalized spacial score (nSPS) is 13.6. The highest BCUT2D eigenvalue weighted by atomic mass is 32.2. The van der Waals surface area contributed by atoms with Gasteiger partial charge in [0.2, 0.25) is 10.0 Å². The summed E-state index contributed by atoms with van der Waals surface area (Å²) >= 11 is 0. The summed E-state index contributed by atoms with van der Waals surface area (Å²) in [4.78, 5) is -0.393. The van der Waals surface area contributed by atoms with Gasteiger partial charge in [-0.15, -0.1) is 0 Å². The number of halogens is 1. The van der Waals surface area contributed by atoms with Gasteiger partial charge in [0.05, 0.1) is 0 Å². The Morgan fingerprint density at radius 2 is 2.06 bits per heavy atom. The zero-order valence-corrected chi connectivity index (χ0v) is 10.9. The number of anilines is 1. The fourth-order valence-corrected chi connectivity index (χ4v) is 2.88. The average Bonchev–Trinajstić information content (AvgIpc) is 2.22. The molecule has 1 unspecified atom stereocenters. The van der Waals surface area contributed by atoms with Crippen LogP contribution in [0.2, 0.25) is 0 Å². The zero-order valence-electron chi connectivity index (χ0n) is 10.1. The molecule has 0 spiro atoms. The van der Waals surface area contributed by atoms with Gasteiger partial charge in [-0.25, -0.2) is 17.5 Å². The summed E-state index contributed by atoms with van der Waals surface area (Å²) in [7, 11) is -3.85. The molecular formula is C11H17FN2O2S. The lowest BCUT2D eigenvalue weighted by Gasteiger charge is -2.13. The van der Waals surface area contributed by atoms with Gasteiger partial charge in [-0.1, -0.05) is 6.92 Å². The van der Waals surface area contributed by atoms with Crippen molar-refractivity contribution in [3.63, 3.8) is 0 Å². The van der Waals surface area contributed by atoms with Crippen molar-refractivity contribution in [1.82, 2.24) is 4.72 Å². The van der Waals surface area contributed by atoms with E-state index in [1.165, 1.54) is 13.0 Å². The smallest absolute Gasteiger partial charge is 0.243 e. The summed E-state index contributed by atoms with van der Waals surface area (Å²) in [6.45, 7) is 5.04. The minimum atomic E-state index is -3.85. The molecule has 0 heterocycles. The Labute approximate surface area is 101 Å². The number of nitrogen functional groups attached to an aromatic ring is 1. The first kappa shape index (κ1) is 13.9. The molecule has 0 aliphatic rings. The first-order valence-corrected chi connectivity index (χ1v) is 6.84. The number of hydrogen-bond donors (Lipinski definition) is 2. The van der Waals surface area contributed by atoms with Crippen molar-refractivity contribution in [2.24, 2.45) is 0 Å². The van der Waals surface area contributed by atoms with Gasteiger partial charge in [-0.05, 0) is 38.0 Å². The van der Waals surface area contributed by atoms with Crippen LogP contribution in [0.1, 0.15) is 25.8 Å². The second-order valence-electron chi connectivity index (χ2n) is 4.08. The number of hydrogen-bond acceptors (Lipinski definition) is 3. The van der Waals surface area contributed by atoms with Crippen molar-refractivity contribution in [2.75, 3.05) is 5.73 Å². The van der Waals surface area contributed by atoms with Gasteiger partial charge in [-0.2, -0.15) is 0 Å². The highest BCUT2D eigenvalue weighted by Crippen LogP contribution is 2.21. The Bertz CT molecular complexity index is 514.